The fourth-order valence-corrected chi connectivity index (χ4v) is 3.43. The van der Waals surface area contributed by atoms with Crippen molar-refractivity contribution in [2.24, 2.45) is 0 Å². The number of hydrogen-bond acceptors (Lipinski definition) is 7. The molecule has 0 bridgehead atoms. The first-order valence-corrected chi connectivity index (χ1v) is 9.23. The largest absolute Gasteiger partial charge is 0.337 e. The second-order valence-electron chi connectivity index (χ2n) is 6.68. The Bertz CT molecular complexity index is 1490. The van der Waals surface area contributed by atoms with Crippen LogP contribution in [0.25, 0.3) is 56.1 Å². The van der Waals surface area contributed by atoms with Gasteiger partial charge in [0.25, 0.3) is 0 Å². The zero-order valence-corrected chi connectivity index (χ0v) is 15.5. The molecule has 30 heavy (non-hydrogen) atoms. The highest BCUT2D eigenvalue weighted by Gasteiger charge is 2.16. The van der Waals surface area contributed by atoms with E-state index in [-0.39, 0.29) is 0 Å². The highest BCUT2D eigenvalue weighted by molar-refractivity contribution is 5.95. The number of hydrogen-bond donors (Lipinski definition) is 2. The molecule has 6 aromatic heterocycles. The molecule has 2 N–H and O–H groups in total. The summed E-state index contributed by atoms with van der Waals surface area (Å²) in [6.07, 6.45) is 10.2. The molecule has 9 nitrogen and oxygen atoms in total. The number of pyridine rings is 3. The number of aromatic nitrogens is 9. The van der Waals surface area contributed by atoms with Gasteiger partial charge in [-0.1, -0.05) is 6.07 Å². The Kier molecular flexibility index (Phi) is 3.57. The Hall–Kier alpha value is -4.53. The molecular weight excluding hydrogens is 378 g/mol. The molecule has 0 aliphatic carbocycles. The van der Waals surface area contributed by atoms with Crippen LogP contribution < -0.4 is 0 Å². The third-order valence-electron chi connectivity index (χ3n) is 4.85. The monoisotopic (exact) mass is 391 g/mol. The molecule has 0 aliphatic heterocycles. The first-order valence-electron chi connectivity index (χ1n) is 9.23. The molecule has 6 rings (SSSR count). The van der Waals surface area contributed by atoms with E-state index in [1.807, 2.05) is 30.3 Å². The summed E-state index contributed by atoms with van der Waals surface area (Å²) < 4.78 is 0. The molecule has 0 saturated heterocycles. The zero-order valence-electron chi connectivity index (χ0n) is 15.5. The molecule has 0 saturated carbocycles. The van der Waals surface area contributed by atoms with Gasteiger partial charge in [0.1, 0.15) is 23.2 Å². The van der Waals surface area contributed by atoms with Crippen LogP contribution in [0.3, 0.4) is 0 Å². The third-order valence-corrected chi connectivity index (χ3v) is 4.85. The van der Waals surface area contributed by atoms with Crippen molar-refractivity contribution in [2.45, 2.75) is 0 Å². The van der Waals surface area contributed by atoms with Crippen LogP contribution in [0.5, 0.6) is 0 Å². The summed E-state index contributed by atoms with van der Waals surface area (Å²) in [7, 11) is 0. The van der Waals surface area contributed by atoms with Crippen LogP contribution in [0.15, 0.2) is 67.6 Å². The summed E-state index contributed by atoms with van der Waals surface area (Å²) in [5.41, 5.74) is 6.23. The molecule has 142 valence electrons. The topological polar surface area (TPSA) is 122 Å². The highest BCUT2D eigenvalue weighted by Crippen LogP contribution is 2.30. The maximum absolute atomic E-state index is 4.80. The van der Waals surface area contributed by atoms with E-state index in [2.05, 4.69) is 40.1 Å². The summed E-state index contributed by atoms with van der Waals surface area (Å²) in [6, 6.07) is 9.62. The van der Waals surface area contributed by atoms with Gasteiger partial charge in [0.15, 0.2) is 11.5 Å². The molecule has 0 amide bonds. The number of rotatable bonds is 3. The minimum Gasteiger partial charge on any atom is -0.337 e. The van der Waals surface area contributed by atoms with E-state index < -0.39 is 0 Å². The lowest BCUT2D eigenvalue weighted by Crippen LogP contribution is -1.88. The summed E-state index contributed by atoms with van der Waals surface area (Å²) in [5, 5.41) is 8.23. The average molecular weight is 391 g/mol. The Morgan fingerprint density at radius 3 is 2.63 bits per heavy atom. The molecule has 6 heterocycles. The number of imidazole rings is 1. The second kappa shape index (κ2) is 6.52. The Morgan fingerprint density at radius 1 is 0.833 bits per heavy atom. The van der Waals surface area contributed by atoms with Crippen LogP contribution in [-0.4, -0.2) is 45.1 Å². The van der Waals surface area contributed by atoms with E-state index in [0.717, 1.165) is 44.6 Å². The second-order valence-corrected chi connectivity index (χ2v) is 6.68. The number of aromatic amines is 2. The predicted molar refractivity (Wildman–Crippen MR) is 111 cm³/mol. The zero-order chi connectivity index (χ0) is 19.9. The summed E-state index contributed by atoms with van der Waals surface area (Å²) in [4.78, 5) is 29.7. The fourth-order valence-electron chi connectivity index (χ4n) is 3.43. The number of nitrogens with zero attached hydrogens (tertiary/aromatic N) is 7. The van der Waals surface area contributed by atoms with Crippen molar-refractivity contribution >= 4 is 22.1 Å². The van der Waals surface area contributed by atoms with Crippen molar-refractivity contribution in [3.05, 3.63) is 67.6 Å². The third kappa shape index (κ3) is 2.60. The lowest BCUT2D eigenvalue weighted by atomic mass is 10.1. The summed E-state index contributed by atoms with van der Waals surface area (Å²) in [5.74, 6) is 0.654. The Morgan fingerprint density at radius 2 is 1.77 bits per heavy atom. The summed E-state index contributed by atoms with van der Waals surface area (Å²) >= 11 is 0. The van der Waals surface area contributed by atoms with Gasteiger partial charge in [0.2, 0.25) is 0 Å². The van der Waals surface area contributed by atoms with E-state index in [1.165, 1.54) is 6.33 Å². The molecular formula is C21H13N9. The van der Waals surface area contributed by atoms with Crippen LogP contribution in [0, 0.1) is 0 Å². The maximum Gasteiger partial charge on any atom is 0.181 e. The molecule has 9 heteroatoms. The van der Waals surface area contributed by atoms with E-state index in [1.54, 1.807) is 31.0 Å². The quantitative estimate of drug-likeness (QED) is 0.474. The normalized spacial score (nSPS) is 11.3. The molecule has 0 unspecified atom stereocenters. The molecule has 0 atom stereocenters. The molecule has 0 radical (unpaired) electrons. The first-order chi connectivity index (χ1) is 14.9. The average Bonchev–Trinajstić information content (AvgIpc) is 3.43. The van der Waals surface area contributed by atoms with Crippen molar-refractivity contribution in [1.29, 1.82) is 0 Å². The van der Waals surface area contributed by atoms with Crippen molar-refractivity contribution in [1.82, 2.24) is 45.1 Å². The minimum atomic E-state index is 0.606. The number of nitrogens with one attached hydrogen (secondary N) is 2. The summed E-state index contributed by atoms with van der Waals surface area (Å²) in [6.45, 7) is 0. The number of fused-ring (bicyclic) bond motifs is 2. The van der Waals surface area contributed by atoms with Gasteiger partial charge in [-0.25, -0.2) is 19.9 Å². The molecule has 0 fully saturated rings. The van der Waals surface area contributed by atoms with Crippen LogP contribution in [-0.2, 0) is 0 Å². The van der Waals surface area contributed by atoms with Gasteiger partial charge in [-0.2, -0.15) is 5.10 Å². The van der Waals surface area contributed by atoms with Crippen molar-refractivity contribution in [3.8, 4) is 34.0 Å². The van der Waals surface area contributed by atoms with E-state index in [9.17, 15) is 0 Å². The number of H-pyrrole nitrogens is 2. The lowest BCUT2D eigenvalue weighted by molar-refractivity contribution is 1.09. The lowest BCUT2D eigenvalue weighted by Gasteiger charge is -2.00. The minimum absolute atomic E-state index is 0.606. The van der Waals surface area contributed by atoms with Gasteiger partial charge < -0.3 is 4.98 Å². The van der Waals surface area contributed by atoms with Gasteiger partial charge in [-0.05, 0) is 24.3 Å². The fraction of sp³-hybridized carbons (Fsp3) is 0. The molecule has 6 aromatic rings. The van der Waals surface area contributed by atoms with Crippen LogP contribution in [0.2, 0.25) is 0 Å². The van der Waals surface area contributed by atoms with Gasteiger partial charge in [0.05, 0.1) is 16.6 Å². The van der Waals surface area contributed by atoms with Crippen LogP contribution in [0.4, 0.5) is 0 Å². The standard InChI is InChI=1S/C21H13N9/c1-2-5-24-15(3-1)18-19-16(4-6-25-18)27-21(28-19)17-14-7-12(10-26-20(14)30-29-17)13-8-22-11-23-9-13/h1-11H,(H,27,28)(H,26,29,30). The van der Waals surface area contributed by atoms with Crippen molar-refractivity contribution in [2.75, 3.05) is 0 Å². The maximum atomic E-state index is 4.80. The van der Waals surface area contributed by atoms with Crippen LogP contribution in [0.1, 0.15) is 0 Å². The Balaban J connectivity index is 1.52. The first kappa shape index (κ1) is 16.4. The van der Waals surface area contributed by atoms with E-state index >= 15 is 0 Å². The predicted octanol–water partition coefficient (Wildman–Crippen LogP) is 3.42. The van der Waals surface area contributed by atoms with E-state index in [4.69, 9.17) is 4.98 Å². The van der Waals surface area contributed by atoms with Gasteiger partial charge in [0, 0.05) is 42.1 Å². The Labute approximate surface area is 169 Å². The highest BCUT2D eigenvalue weighted by atomic mass is 15.2. The molecule has 0 aliphatic rings. The van der Waals surface area contributed by atoms with E-state index in [0.29, 0.717) is 11.5 Å². The smallest absolute Gasteiger partial charge is 0.181 e. The van der Waals surface area contributed by atoms with Crippen LogP contribution >= 0.6 is 0 Å². The van der Waals surface area contributed by atoms with Gasteiger partial charge >= 0.3 is 0 Å². The van der Waals surface area contributed by atoms with Gasteiger partial charge in [-0.15, -0.1) is 0 Å². The van der Waals surface area contributed by atoms with Gasteiger partial charge in [-0.3, -0.25) is 15.1 Å². The van der Waals surface area contributed by atoms with Crippen molar-refractivity contribution in [3.63, 3.8) is 0 Å². The SMILES string of the molecule is c1ccc(-c2nccc3[nH]c(-c4[nH]nc5ncc(-c6cncnc6)cc45)nc23)nc1. The molecule has 0 aromatic carbocycles. The molecule has 0 spiro atoms. The van der Waals surface area contributed by atoms with Crippen molar-refractivity contribution < 1.29 is 0 Å².